The molecule has 0 unspecified atom stereocenters. The van der Waals surface area contributed by atoms with Crippen molar-refractivity contribution >= 4 is 11.8 Å². The van der Waals surface area contributed by atoms with Gasteiger partial charge in [-0.3, -0.25) is 0 Å². The molecule has 2 aliphatic heterocycles. The molecule has 1 aromatic rings. The molecule has 0 amide bonds. The third kappa shape index (κ3) is 1.19. The number of benzene rings is 1. The quantitative estimate of drug-likeness (QED) is 0.684. The summed E-state index contributed by atoms with van der Waals surface area (Å²) < 4.78 is 5.79. The zero-order valence-corrected chi connectivity index (χ0v) is 9.25. The second-order valence-electron chi connectivity index (χ2n) is 3.79. The summed E-state index contributed by atoms with van der Waals surface area (Å²) in [5, 5.41) is 0. The van der Waals surface area contributed by atoms with Crippen LogP contribution in [0, 0.1) is 0 Å². The maximum absolute atomic E-state index is 5.79. The van der Waals surface area contributed by atoms with E-state index in [1.165, 1.54) is 0 Å². The van der Waals surface area contributed by atoms with Gasteiger partial charge >= 0.3 is 0 Å². The summed E-state index contributed by atoms with van der Waals surface area (Å²) in [6.07, 6.45) is 0. The van der Waals surface area contributed by atoms with Crippen molar-refractivity contribution in [2.45, 2.75) is 17.6 Å². The topological polar surface area (TPSA) is 27.7 Å². The van der Waals surface area contributed by atoms with E-state index in [4.69, 9.17) is 14.5 Å². The number of ether oxygens (including phenoxy) is 1. The van der Waals surface area contributed by atoms with Gasteiger partial charge in [-0.15, -0.1) is 11.8 Å². The molecule has 15 heavy (non-hydrogen) atoms. The average Bonchev–Trinajstić information content (AvgIpc) is 2.27. The van der Waals surface area contributed by atoms with E-state index in [2.05, 4.69) is 0 Å². The van der Waals surface area contributed by atoms with E-state index >= 15 is 0 Å². The van der Waals surface area contributed by atoms with Crippen LogP contribution in [0.1, 0.15) is 12.5 Å². The molecule has 80 valence electrons. The van der Waals surface area contributed by atoms with Crippen LogP contribution in [0.2, 0.25) is 0 Å². The predicted octanol–water partition coefficient (Wildman–Crippen LogP) is 2.28. The maximum Gasteiger partial charge on any atom is 0.269 e. The number of rotatable bonds is 1. The van der Waals surface area contributed by atoms with E-state index in [1.807, 2.05) is 37.3 Å². The van der Waals surface area contributed by atoms with Crippen LogP contribution in [-0.4, -0.2) is 17.3 Å². The van der Waals surface area contributed by atoms with E-state index in [0.29, 0.717) is 6.61 Å². The number of hydrogen-bond acceptors (Lipinski definition) is 4. The lowest BCUT2D eigenvalue weighted by molar-refractivity contribution is -0.594. The Morgan fingerprint density at radius 1 is 1.20 bits per heavy atom. The minimum atomic E-state index is -0.711. The van der Waals surface area contributed by atoms with Crippen LogP contribution in [-0.2, 0) is 20.3 Å². The molecule has 0 saturated carbocycles. The Morgan fingerprint density at radius 2 is 2.00 bits per heavy atom. The molecule has 2 saturated heterocycles. The highest BCUT2D eigenvalue weighted by atomic mass is 32.2. The highest BCUT2D eigenvalue weighted by Crippen LogP contribution is 2.57. The summed E-state index contributed by atoms with van der Waals surface area (Å²) in [6, 6.07) is 9.95. The number of thioether (sulfide) groups is 1. The van der Waals surface area contributed by atoms with Crippen molar-refractivity contribution in [3.05, 3.63) is 35.9 Å². The fraction of sp³-hybridized carbons (Fsp3) is 0.455. The van der Waals surface area contributed by atoms with Gasteiger partial charge < -0.3 is 4.74 Å². The molecule has 4 heteroatoms. The Hall–Kier alpha value is -0.550. The highest BCUT2D eigenvalue weighted by molar-refractivity contribution is 8.00. The summed E-state index contributed by atoms with van der Waals surface area (Å²) in [5.74, 6) is 0.228. The first-order chi connectivity index (χ1) is 7.27. The Kier molecular flexibility index (Phi) is 2.07. The first kappa shape index (κ1) is 9.66. The molecule has 0 bridgehead atoms. The molecule has 0 aliphatic carbocycles. The van der Waals surface area contributed by atoms with Crippen LogP contribution in [0.15, 0.2) is 30.3 Å². The van der Waals surface area contributed by atoms with E-state index in [1.54, 1.807) is 11.8 Å². The molecule has 3 rings (SSSR count). The van der Waals surface area contributed by atoms with Crippen molar-refractivity contribution in [1.29, 1.82) is 0 Å². The SMILES string of the molecule is C[C@@]12OO[C@]1(c1ccccc1)OCCS2. The Labute approximate surface area is 92.6 Å². The van der Waals surface area contributed by atoms with E-state index in [9.17, 15) is 0 Å². The van der Waals surface area contributed by atoms with E-state index < -0.39 is 10.7 Å². The lowest BCUT2D eigenvalue weighted by atomic mass is 9.99. The Balaban J connectivity index is 2.02. The Bertz CT molecular complexity index is 369. The lowest BCUT2D eigenvalue weighted by Gasteiger charge is -2.55. The molecule has 2 heterocycles. The van der Waals surface area contributed by atoms with Crippen LogP contribution in [0.4, 0.5) is 0 Å². The fourth-order valence-electron chi connectivity index (χ4n) is 1.98. The molecule has 0 spiro atoms. The Morgan fingerprint density at radius 3 is 2.60 bits per heavy atom. The van der Waals surface area contributed by atoms with Crippen molar-refractivity contribution in [3.63, 3.8) is 0 Å². The van der Waals surface area contributed by atoms with Crippen LogP contribution >= 0.6 is 11.8 Å². The maximum atomic E-state index is 5.79. The molecule has 0 radical (unpaired) electrons. The number of hydrogen-bond donors (Lipinski definition) is 0. The van der Waals surface area contributed by atoms with Crippen molar-refractivity contribution < 1.29 is 14.5 Å². The van der Waals surface area contributed by atoms with Crippen molar-refractivity contribution in [3.8, 4) is 0 Å². The van der Waals surface area contributed by atoms with Crippen LogP contribution in [0.3, 0.4) is 0 Å². The fourth-order valence-corrected chi connectivity index (χ4v) is 3.02. The van der Waals surface area contributed by atoms with Crippen LogP contribution in [0.5, 0.6) is 0 Å². The molecule has 0 N–H and O–H groups in total. The largest absolute Gasteiger partial charge is 0.340 e. The van der Waals surface area contributed by atoms with E-state index in [-0.39, 0.29) is 0 Å². The van der Waals surface area contributed by atoms with E-state index in [0.717, 1.165) is 11.3 Å². The number of fused-ring (bicyclic) bond motifs is 1. The smallest absolute Gasteiger partial charge is 0.269 e. The minimum Gasteiger partial charge on any atom is -0.340 e. The normalized spacial score (nSPS) is 39.3. The summed E-state index contributed by atoms with van der Waals surface area (Å²) >= 11 is 1.74. The van der Waals surface area contributed by atoms with Crippen LogP contribution < -0.4 is 0 Å². The second-order valence-corrected chi connectivity index (χ2v) is 5.27. The molecule has 0 aromatic heterocycles. The van der Waals surface area contributed by atoms with Gasteiger partial charge in [0.2, 0.25) is 4.93 Å². The second kappa shape index (κ2) is 3.22. The lowest BCUT2D eigenvalue weighted by Crippen LogP contribution is -2.64. The molecular formula is C11H12O3S. The van der Waals surface area contributed by atoms with Gasteiger partial charge in [0.15, 0.2) is 0 Å². The van der Waals surface area contributed by atoms with Gasteiger partial charge in [0, 0.05) is 11.3 Å². The molecule has 2 aliphatic rings. The highest BCUT2D eigenvalue weighted by Gasteiger charge is 2.66. The van der Waals surface area contributed by atoms with Gasteiger partial charge in [0.25, 0.3) is 5.79 Å². The molecule has 2 atom stereocenters. The summed E-state index contributed by atoms with van der Waals surface area (Å²) in [6.45, 7) is 2.70. The molecule has 3 nitrogen and oxygen atoms in total. The van der Waals surface area contributed by atoms with Crippen molar-refractivity contribution in [2.75, 3.05) is 12.4 Å². The molecular weight excluding hydrogens is 212 g/mol. The third-order valence-electron chi connectivity index (χ3n) is 2.84. The van der Waals surface area contributed by atoms with Gasteiger partial charge in [-0.2, -0.15) is 4.89 Å². The van der Waals surface area contributed by atoms with Gasteiger partial charge in [-0.1, -0.05) is 30.3 Å². The van der Waals surface area contributed by atoms with Gasteiger partial charge in [0.05, 0.1) is 6.61 Å². The van der Waals surface area contributed by atoms with Crippen molar-refractivity contribution in [1.82, 2.24) is 0 Å². The summed E-state index contributed by atoms with van der Waals surface area (Å²) in [7, 11) is 0. The summed E-state index contributed by atoms with van der Waals surface area (Å²) in [4.78, 5) is 10.1. The summed E-state index contributed by atoms with van der Waals surface area (Å²) in [5.41, 5.74) is 1.02. The van der Waals surface area contributed by atoms with Crippen molar-refractivity contribution in [2.24, 2.45) is 0 Å². The third-order valence-corrected chi connectivity index (χ3v) is 4.09. The standard InChI is InChI=1S/C11H12O3S/c1-10-11(14-13-10,12-7-8-15-10)9-5-3-2-4-6-9/h2-6H,7-8H2,1H3/t10-,11-/m0/s1. The zero-order chi connectivity index (χ0) is 10.4. The minimum absolute atomic E-state index is 0.410. The first-order valence-corrected chi connectivity index (χ1v) is 5.96. The first-order valence-electron chi connectivity index (χ1n) is 4.97. The molecule has 2 fully saturated rings. The average molecular weight is 224 g/mol. The zero-order valence-electron chi connectivity index (χ0n) is 8.43. The van der Waals surface area contributed by atoms with Crippen LogP contribution in [0.25, 0.3) is 0 Å². The van der Waals surface area contributed by atoms with Gasteiger partial charge in [0.1, 0.15) is 0 Å². The molecule has 1 aromatic carbocycles. The van der Waals surface area contributed by atoms with Gasteiger partial charge in [-0.25, -0.2) is 4.89 Å². The monoisotopic (exact) mass is 224 g/mol. The van der Waals surface area contributed by atoms with Gasteiger partial charge in [-0.05, 0) is 6.92 Å². The predicted molar refractivity (Wildman–Crippen MR) is 57.1 cm³/mol.